The summed E-state index contributed by atoms with van der Waals surface area (Å²) in [4.78, 5) is 3.70. The Morgan fingerprint density at radius 1 is 1.31 bits per heavy atom. The molecule has 7 heteroatoms. The molecule has 0 bridgehead atoms. The molecule has 0 aromatic carbocycles. The molecule has 0 aliphatic rings. The van der Waals surface area contributed by atoms with Gasteiger partial charge in [-0.3, -0.25) is 4.98 Å². The molecule has 1 aromatic rings. The average molecular weight is 239 g/mol. The van der Waals surface area contributed by atoms with Gasteiger partial charge in [0, 0.05) is 11.8 Å². The summed E-state index contributed by atoms with van der Waals surface area (Å²) >= 11 is 0. The number of halogens is 4. The van der Waals surface area contributed by atoms with Crippen LogP contribution in [0.4, 0.5) is 17.6 Å². The first kappa shape index (κ1) is 12.5. The van der Waals surface area contributed by atoms with Crippen molar-refractivity contribution in [3.63, 3.8) is 0 Å². The Morgan fingerprint density at radius 2 is 1.94 bits per heavy atom. The molecule has 0 amide bonds. The van der Waals surface area contributed by atoms with Crippen molar-refractivity contribution in [3.8, 4) is 11.5 Å². The number of hydrogen-bond donors (Lipinski definition) is 0. The number of aromatic nitrogens is 1. The monoisotopic (exact) mass is 239 g/mol. The standard InChI is InChI=1S/C9H9F4NO2/c1-5-7(15-2)8(16-9(11,12)13)6(3-10)4-14-5/h4H,3H2,1-2H3. The maximum atomic E-state index is 12.5. The second-order valence-corrected chi connectivity index (χ2v) is 2.91. The van der Waals surface area contributed by atoms with Crippen LogP contribution in [0.25, 0.3) is 0 Å². The molecule has 3 nitrogen and oxygen atoms in total. The number of pyridine rings is 1. The van der Waals surface area contributed by atoms with Gasteiger partial charge in [0.05, 0.1) is 12.8 Å². The third-order valence-corrected chi connectivity index (χ3v) is 1.81. The zero-order valence-corrected chi connectivity index (χ0v) is 8.56. The lowest BCUT2D eigenvalue weighted by atomic mass is 10.2. The normalized spacial score (nSPS) is 11.4. The van der Waals surface area contributed by atoms with Crippen LogP contribution in [-0.2, 0) is 6.67 Å². The number of ether oxygens (including phenoxy) is 2. The smallest absolute Gasteiger partial charge is 0.491 e. The Kier molecular flexibility index (Phi) is 3.56. The Hall–Kier alpha value is -1.53. The van der Waals surface area contributed by atoms with E-state index in [1.807, 2.05) is 0 Å². The predicted octanol–water partition coefficient (Wildman–Crippen LogP) is 2.77. The van der Waals surface area contributed by atoms with Crippen molar-refractivity contribution < 1.29 is 27.0 Å². The van der Waals surface area contributed by atoms with Gasteiger partial charge in [0.25, 0.3) is 0 Å². The third kappa shape index (κ3) is 2.74. The number of rotatable bonds is 3. The zero-order valence-electron chi connectivity index (χ0n) is 8.56. The molecule has 0 radical (unpaired) electrons. The Labute approximate surface area is 89.0 Å². The lowest BCUT2D eigenvalue weighted by Crippen LogP contribution is -2.19. The van der Waals surface area contributed by atoms with Gasteiger partial charge < -0.3 is 9.47 Å². The highest BCUT2D eigenvalue weighted by Crippen LogP contribution is 2.37. The van der Waals surface area contributed by atoms with E-state index in [1.165, 1.54) is 6.92 Å². The molecule has 0 saturated carbocycles. The van der Waals surface area contributed by atoms with Crippen LogP contribution in [0.5, 0.6) is 11.5 Å². The number of methoxy groups -OCH3 is 1. The number of hydrogen-bond acceptors (Lipinski definition) is 3. The lowest BCUT2D eigenvalue weighted by molar-refractivity contribution is -0.275. The lowest BCUT2D eigenvalue weighted by Gasteiger charge is -2.16. The largest absolute Gasteiger partial charge is 0.573 e. The summed E-state index contributed by atoms with van der Waals surface area (Å²) in [5, 5.41) is 0. The van der Waals surface area contributed by atoms with Crippen molar-refractivity contribution >= 4 is 0 Å². The third-order valence-electron chi connectivity index (χ3n) is 1.81. The highest BCUT2D eigenvalue weighted by Gasteiger charge is 2.34. The van der Waals surface area contributed by atoms with Crippen molar-refractivity contribution in [2.75, 3.05) is 7.11 Å². The van der Waals surface area contributed by atoms with Gasteiger partial charge in [0.2, 0.25) is 0 Å². The summed E-state index contributed by atoms with van der Waals surface area (Å²) in [7, 11) is 1.16. The van der Waals surface area contributed by atoms with Crippen LogP contribution in [0.3, 0.4) is 0 Å². The van der Waals surface area contributed by atoms with Gasteiger partial charge in [-0.2, -0.15) is 0 Å². The summed E-state index contributed by atoms with van der Waals surface area (Å²) in [5.74, 6) is -0.891. The van der Waals surface area contributed by atoms with Crippen LogP contribution in [0.2, 0.25) is 0 Å². The van der Waals surface area contributed by atoms with Gasteiger partial charge in [0.15, 0.2) is 11.5 Å². The molecule has 1 aromatic heterocycles. The van der Waals surface area contributed by atoms with Crippen LogP contribution in [0, 0.1) is 6.92 Å². The van der Waals surface area contributed by atoms with Crippen molar-refractivity contribution in [1.29, 1.82) is 0 Å². The van der Waals surface area contributed by atoms with E-state index in [-0.39, 0.29) is 17.0 Å². The van der Waals surface area contributed by atoms with Crippen molar-refractivity contribution in [2.24, 2.45) is 0 Å². The molecule has 0 spiro atoms. The average Bonchev–Trinajstić information content (AvgIpc) is 2.16. The molecule has 0 aliphatic carbocycles. The Balaban J connectivity index is 3.25. The van der Waals surface area contributed by atoms with Crippen LogP contribution in [0.15, 0.2) is 6.20 Å². The molecule has 0 unspecified atom stereocenters. The second-order valence-electron chi connectivity index (χ2n) is 2.91. The summed E-state index contributed by atoms with van der Waals surface area (Å²) in [6.07, 6.45) is -3.91. The zero-order chi connectivity index (χ0) is 12.3. The van der Waals surface area contributed by atoms with E-state index in [2.05, 4.69) is 9.72 Å². The fraction of sp³-hybridized carbons (Fsp3) is 0.444. The second kappa shape index (κ2) is 4.54. The maximum absolute atomic E-state index is 12.5. The predicted molar refractivity (Wildman–Crippen MR) is 47.0 cm³/mol. The molecule has 0 atom stereocenters. The van der Waals surface area contributed by atoms with E-state index in [1.54, 1.807) is 0 Å². The Bertz CT molecular complexity index is 379. The highest BCUT2D eigenvalue weighted by molar-refractivity contribution is 5.47. The number of nitrogens with zero attached hydrogens (tertiary/aromatic N) is 1. The quantitative estimate of drug-likeness (QED) is 0.760. The minimum absolute atomic E-state index is 0.193. The summed E-state index contributed by atoms with van der Waals surface area (Å²) in [5.41, 5.74) is -0.112. The van der Waals surface area contributed by atoms with Crippen molar-refractivity contribution in [1.82, 2.24) is 4.98 Å². The number of alkyl halides is 4. The molecule has 0 aliphatic heterocycles. The van der Waals surface area contributed by atoms with Gasteiger partial charge in [-0.25, -0.2) is 4.39 Å². The van der Waals surface area contributed by atoms with E-state index >= 15 is 0 Å². The van der Waals surface area contributed by atoms with E-state index < -0.39 is 18.8 Å². The molecular formula is C9H9F4NO2. The molecule has 0 fully saturated rings. The van der Waals surface area contributed by atoms with Crippen LogP contribution in [-0.4, -0.2) is 18.5 Å². The van der Waals surface area contributed by atoms with Crippen LogP contribution in [0.1, 0.15) is 11.3 Å². The fourth-order valence-corrected chi connectivity index (χ4v) is 1.17. The molecule has 0 N–H and O–H groups in total. The van der Waals surface area contributed by atoms with Gasteiger partial charge in [-0.05, 0) is 6.92 Å². The molecule has 16 heavy (non-hydrogen) atoms. The van der Waals surface area contributed by atoms with Crippen molar-refractivity contribution in [3.05, 3.63) is 17.5 Å². The SMILES string of the molecule is COc1c(C)ncc(CF)c1OC(F)(F)F. The molecule has 1 rings (SSSR count). The highest BCUT2D eigenvalue weighted by atomic mass is 19.4. The van der Waals surface area contributed by atoms with Gasteiger partial charge >= 0.3 is 6.36 Å². The summed E-state index contributed by atoms with van der Waals surface area (Å²) in [6, 6.07) is 0. The Morgan fingerprint density at radius 3 is 2.38 bits per heavy atom. The van der Waals surface area contributed by atoms with E-state index in [0.29, 0.717) is 0 Å². The first-order chi connectivity index (χ1) is 7.39. The van der Waals surface area contributed by atoms with Gasteiger partial charge in [0.1, 0.15) is 6.67 Å². The maximum Gasteiger partial charge on any atom is 0.573 e. The summed E-state index contributed by atoms with van der Waals surface area (Å²) < 4.78 is 57.2. The first-order valence-corrected chi connectivity index (χ1v) is 4.23. The van der Waals surface area contributed by atoms with Crippen molar-refractivity contribution in [2.45, 2.75) is 20.0 Å². The van der Waals surface area contributed by atoms with Gasteiger partial charge in [-0.15, -0.1) is 13.2 Å². The van der Waals surface area contributed by atoms with E-state index in [0.717, 1.165) is 13.3 Å². The number of aryl methyl sites for hydroxylation is 1. The first-order valence-electron chi connectivity index (χ1n) is 4.23. The molecule has 0 saturated heterocycles. The minimum Gasteiger partial charge on any atom is -0.491 e. The van der Waals surface area contributed by atoms with Crippen LogP contribution < -0.4 is 9.47 Å². The molecule has 1 heterocycles. The summed E-state index contributed by atoms with van der Waals surface area (Å²) in [6.45, 7) is 0.319. The van der Waals surface area contributed by atoms with E-state index in [4.69, 9.17) is 4.74 Å². The molecular weight excluding hydrogens is 230 g/mol. The van der Waals surface area contributed by atoms with E-state index in [9.17, 15) is 17.6 Å². The minimum atomic E-state index is -4.90. The molecule has 90 valence electrons. The van der Waals surface area contributed by atoms with Crippen LogP contribution >= 0.6 is 0 Å². The fourth-order valence-electron chi connectivity index (χ4n) is 1.17. The van der Waals surface area contributed by atoms with Gasteiger partial charge in [-0.1, -0.05) is 0 Å². The topological polar surface area (TPSA) is 31.4 Å².